The summed E-state index contributed by atoms with van der Waals surface area (Å²) in [6.45, 7) is 4.80. The zero-order valence-corrected chi connectivity index (χ0v) is 11.6. The van der Waals surface area contributed by atoms with Gasteiger partial charge in [0.05, 0.1) is 12.2 Å². The Balaban J connectivity index is 1.49. The van der Waals surface area contributed by atoms with Crippen LogP contribution in [0.2, 0.25) is 0 Å². The van der Waals surface area contributed by atoms with Crippen LogP contribution in [0.15, 0.2) is 0 Å². The Morgan fingerprint density at radius 2 is 2.22 bits per heavy atom. The zero-order chi connectivity index (χ0) is 11.9. The zero-order valence-electron chi connectivity index (χ0n) is 10.8. The molecule has 1 aliphatic carbocycles. The van der Waals surface area contributed by atoms with E-state index in [9.17, 15) is 0 Å². The largest absolute Gasteiger partial charge is 0.315 e. The van der Waals surface area contributed by atoms with Crippen molar-refractivity contribution in [2.45, 2.75) is 44.7 Å². The molecule has 2 atom stereocenters. The van der Waals surface area contributed by atoms with E-state index in [2.05, 4.69) is 10.2 Å². The molecule has 0 bridgehead atoms. The Labute approximate surface area is 113 Å². The maximum atomic E-state index is 4.88. The van der Waals surface area contributed by atoms with E-state index in [0.717, 1.165) is 18.5 Å². The monoisotopic (exact) mass is 263 g/mol. The van der Waals surface area contributed by atoms with Gasteiger partial charge in [0.2, 0.25) is 0 Å². The highest BCUT2D eigenvalue weighted by Gasteiger charge is 2.37. The molecule has 3 nitrogen and oxygen atoms in total. The molecular weight excluding hydrogens is 242 g/mol. The number of aromatic nitrogens is 1. The molecule has 3 aliphatic rings. The highest BCUT2D eigenvalue weighted by molar-refractivity contribution is 7.11. The minimum absolute atomic E-state index is 0.783. The maximum absolute atomic E-state index is 4.88. The first-order valence-electron chi connectivity index (χ1n) is 7.32. The summed E-state index contributed by atoms with van der Waals surface area (Å²) in [5.74, 6) is 0.902. The van der Waals surface area contributed by atoms with Crippen LogP contribution in [0.5, 0.6) is 0 Å². The van der Waals surface area contributed by atoms with Gasteiger partial charge in [-0.1, -0.05) is 0 Å². The van der Waals surface area contributed by atoms with E-state index in [1.807, 2.05) is 11.3 Å². The molecule has 0 spiro atoms. The first-order valence-corrected chi connectivity index (χ1v) is 8.14. The molecular formula is C14H21N3S. The minimum Gasteiger partial charge on any atom is -0.315 e. The van der Waals surface area contributed by atoms with Crippen LogP contribution in [-0.2, 0) is 19.4 Å². The summed E-state index contributed by atoms with van der Waals surface area (Å²) in [6, 6.07) is 0.783. The molecule has 4 heteroatoms. The fourth-order valence-electron chi connectivity index (χ4n) is 3.78. The van der Waals surface area contributed by atoms with Crippen molar-refractivity contribution in [2.24, 2.45) is 5.92 Å². The standard InChI is InChI=1S/C14H21N3S/c1-2-4-13-11(3-1)16-14(18-13)9-17-6-5-10-7-15-8-12(10)17/h10,12,15H,1-9H2/t10-,12+/m0/s1. The lowest BCUT2D eigenvalue weighted by Gasteiger charge is -2.21. The van der Waals surface area contributed by atoms with Gasteiger partial charge in [0.25, 0.3) is 0 Å². The Morgan fingerprint density at radius 1 is 1.28 bits per heavy atom. The summed E-state index contributed by atoms with van der Waals surface area (Å²) in [7, 11) is 0. The van der Waals surface area contributed by atoms with Crippen molar-refractivity contribution in [1.29, 1.82) is 0 Å². The van der Waals surface area contributed by atoms with E-state index in [1.165, 1.54) is 62.4 Å². The Morgan fingerprint density at radius 3 is 3.17 bits per heavy atom. The average molecular weight is 263 g/mol. The highest BCUT2D eigenvalue weighted by Crippen LogP contribution is 2.31. The van der Waals surface area contributed by atoms with Gasteiger partial charge in [-0.05, 0) is 51.1 Å². The van der Waals surface area contributed by atoms with Crippen LogP contribution in [0, 0.1) is 5.92 Å². The predicted molar refractivity (Wildman–Crippen MR) is 73.9 cm³/mol. The Bertz CT molecular complexity index is 419. The van der Waals surface area contributed by atoms with Crippen LogP contribution in [0.4, 0.5) is 0 Å². The third-order valence-corrected chi connectivity index (χ3v) is 5.93. The molecule has 0 unspecified atom stereocenters. The van der Waals surface area contributed by atoms with Crippen LogP contribution < -0.4 is 5.32 Å². The van der Waals surface area contributed by atoms with Crippen LogP contribution >= 0.6 is 11.3 Å². The molecule has 1 aromatic rings. The fraction of sp³-hybridized carbons (Fsp3) is 0.786. The van der Waals surface area contributed by atoms with Gasteiger partial charge >= 0.3 is 0 Å². The van der Waals surface area contributed by atoms with Gasteiger partial charge < -0.3 is 5.32 Å². The van der Waals surface area contributed by atoms with E-state index in [0.29, 0.717) is 0 Å². The quantitative estimate of drug-likeness (QED) is 0.882. The summed E-state index contributed by atoms with van der Waals surface area (Å²) < 4.78 is 0. The van der Waals surface area contributed by atoms with Crippen LogP contribution in [0.3, 0.4) is 0 Å². The second-order valence-electron chi connectivity index (χ2n) is 5.93. The number of hydrogen-bond acceptors (Lipinski definition) is 4. The lowest BCUT2D eigenvalue weighted by atomic mass is 10.0. The van der Waals surface area contributed by atoms with Gasteiger partial charge in [0.15, 0.2) is 0 Å². The van der Waals surface area contributed by atoms with Crippen molar-refractivity contribution in [3.8, 4) is 0 Å². The van der Waals surface area contributed by atoms with E-state index in [4.69, 9.17) is 4.98 Å². The van der Waals surface area contributed by atoms with Crippen molar-refractivity contribution in [3.63, 3.8) is 0 Å². The van der Waals surface area contributed by atoms with Crippen LogP contribution in [0.25, 0.3) is 0 Å². The van der Waals surface area contributed by atoms with E-state index in [1.54, 1.807) is 4.88 Å². The number of thiazole rings is 1. The van der Waals surface area contributed by atoms with Gasteiger partial charge in [0, 0.05) is 17.5 Å². The lowest BCUT2D eigenvalue weighted by molar-refractivity contribution is 0.243. The topological polar surface area (TPSA) is 28.2 Å². The van der Waals surface area contributed by atoms with Gasteiger partial charge in [0.1, 0.15) is 5.01 Å². The number of rotatable bonds is 2. The first-order chi connectivity index (χ1) is 8.90. The number of fused-ring (bicyclic) bond motifs is 2. The average Bonchev–Trinajstić information content (AvgIpc) is 3.05. The number of nitrogens with one attached hydrogen (secondary N) is 1. The second-order valence-corrected chi connectivity index (χ2v) is 7.10. The smallest absolute Gasteiger partial charge is 0.107 e. The second kappa shape index (κ2) is 4.58. The Hall–Kier alpha value is -0.450. The van der Waals surface area contributed by atoms with Gasteiger partial charge in [-0.25, -0.2) is 4.98 Å². The molecule has 0 saturated carbocycles. The fourth-order valence-corrected chi connectivity index (χ4v) is 4.96. The van der Waals surface area contributed by atoms with Crippen molar-refractivity contribution >= 4 is 11.3 Å². The molecule has 98 valence electrons. The maximum Gasteiger partial charge on any atom is 0.107 e. The Kier molecular flexibility index (Phi) is 2.90. The number of likely N-dealkylation sites (tertiary alicyclic amines) is 1. The summed E-state index contributed by atoms with van der Waals surface area (Å²) in [5.41, 5.74) is 1.42. The van der Waals surface area contributed by atoms with E-state index in [-0.39, 0.29) is 0 Å². The number of nitrogens with zero attached hydrogens (tertiary/aromatic N) is 2. The molecule has 0 radical (unpaired) electrons. The van der Waals surface area contributed by atoms with Crippen LogP contribution in [-0.4, -0.2) is 35.6 Å². The summed E-state index contributed by atoms with van der Waals surface area (Å²) in [6.07, 6.45) is 6.59. The molecule has 3 heterocycles. The summed E-state index contributed by atoms with van der Waals surface area (Å²) >= 11 is 1.98. The van der Waals surface area contributed by atoms with E-state index < -0.39 is 0 Å². The van der Waals surface area contributed by atoms with Crippen molar-refractivity contribution in [2.75, 3.05) is 19.6 Å². The number of aryl methyl sites for hydroxylation is 2. The predicted octanol–water partition coefficient (Wildman–Crippen LogP) is 1.82. The third-order valence-electron chi connectivity index (χ3n) is 4.79. The molecule has 2 aliphatic heterocycles. The van der Waals surface area contributed by atoms with Crippen molar-refractivity contribution in [3.05, 3.63) is 15.6 Å². The van der Waals surface area contributed by atoms with Crippen molar-refractivity contribution in [1.82, 2.24) is 15.2 Å². The van der Waals surface area contributed by atoms with E-state index >= 15 is 0 Å². The molecule has 1 aromatic heterocycles. The molecule has 2 saturated heterocycles. The third kappa shape index (κ3) is 1.91. The molecule has 1 N–H and O–H groups in total. The van der Waals surface area contributed by atoms with Crippen molar-refractivity contribution < 1.29 is 0 Å². The van der Waals surface area contributed by atoms with Gasteiger partial charge in [-0.15, -0.1) is 11.3 Å². The SMILES string of the molecule is C1CCc2sc(CN3CC[C@H]4CNC[C@H]43)nc2C1. The molecule has 0 aromatic carbocycles. The van der Waals surface area contributed by atoms with Crippen LogP contribution in [0.1, 0.15) is 34.8 Å². The molecule has 0 amide bonds. The van der Waals surface area contributed by atoms with Gasteiger partial charge in [-0.2, -0.15) is 0 Å². The molecule has 2 fully saturated rings. The van der Waals surface area contributed by atoms with Gasteiger partial charge in [-0.3, -0.25) is 4.90 Å². The first kappa shape index (κ1) is 11.4. The molecule has 18 heavy (non-hydrogen) atoms. The molecule has 4 rings (SSSR count). The summed E-state index contributed by atoms with van der Waals surface area (Å²) in [5, 5.41) is 4.90. The minimum atomic E-state index is 0.783. The summed E-state index contributed by atoms with van der Waals surface area (Å²) in [4.78, 5) is 9.13. The lowest BCUT2D eigenvalue weighted by Crippen LogP contribution is -2.33. The number of hydrogen-bond donors (Lipinski definition) is 1. The highest BCUT2D eigenvalue weighted by atomic mass is 32.1. The normalized spacial score (nSPS) is 31.6.